The van der Waals surface area contributed by atoms with Gasteiger partial charge in [0, 0.05) is 26.2 Å². The third-order valence-corrected chi connectivity index (χ3v) is 5.90. The molecule has 0 spiro atoms. The zero-order chi connectivity index (χ0) is 13.0. The standard InChI is InChI=1S/C13H26N2O2S/c1-15(11-12-5-3-2-4-6-12)18(16,17)10-9-14-13-7-8-13/h12-14H,2-11H2,1H3. The highest BCUT2D eigenvalue weighted by Crippen LogP contribution is 2.24. The number of nitrogens with zero attached hydrogens (tertiary/aromatic N) is 1. The Balaban J connectivity index is 1.72. The molecule has 0 aromatic heterocycles. The van der Waals surface area contributed by atoms with Crippen molar-refractivity contribution >= 4 is 10.0 Å². The van der Waals surface area contributed by atoms with Crippen LogP contribution in [0.4, 0.5) is 0 Å². The van der Waals surface area contributed by atoms with E-state index in [1.54, 1.807) is 11.4 Å². The van der Waals surface area contributed by atoms with Crippen LogP contribution in [-0.2, 0) is 10.0 Å². The summed E-state index contributed by atoms with van der Waals surface area (Å²) in [6.07, 6.45) is 8.65. The van der Waals surface area contributed by atoms with Crippen LogP contribution < -0.4 is 5.32 Å². The average Bonchev–Trinajstić information content (AvgIpc) is 3.14. The Morgan fingerprint density at radius 1 is 1.11 bits per heavy atom. The van der Waals surface area contributed by atoms with Gasteiger partial charge in [0.05, 0.1) is 5.75 Å². The van der Waals surface area contributed by atoms with Gasteiger partial charge in [0.1, 0.15) is 0 Å². The Hall–Kier alpha value is -0.130. The summed E-state index contributed by atoms with van der Waals surface area (Å²) in [5.41, 5.74) is 0. The topological polar surface area (TPSA) is 49.4 Å². The number of nitrogens with one attached hydrogen (secondary N) is 1. The van der Waals surface area contributed by atoms with Gasteiger partial charge in [-0.25, -0.2) is 12.7 Å². The van der Waals surface area contributed by atoms with Crippen molar-refractivity contribution < 1.29 is 8.42 Å². The molecule has 0 aromatic carbocycles. The van der Waals surface area contributed by atoms with Gasteiger partial charge in [-0.15, -0.1) is 0 Å². The SMILES string of the molecule is CN(CC1CCCCC1)S(=O)(=O)CCNC1CC1. The van der Waals surface area contributed by atoms with Crippen LogP contribution in [0, 0.1) is 5.92 Å². The zero-order valence-corrected chi connectivity index (χ0v) is 12.2. The zero-order valence-electron chi connectivity index (χ0n) is 11.4. The fraction of sp³-hybridized carbons (Fsp3) is 1.00. The molecule has 0 amide bonds. The van der Waals surface area contributed by atoms with Gasteiger partial charge in [0.2, 0.25) is 10.0 Å². The monoisotopic (exact) mass is 274 g/mol. The Kier molecular flexibility index (Phi) is 5.04. The average molecular weight is 274 g/mol. The molecular weight excluding hydrogens is 248 g/mol. The van der Waals surface area contributed by atoms with Gasteiger partial charge in [-0.1, -0.05) is 19.3 Å². The Morgan fingerprint density at radius 3 is 2.39 bits per heavy atom. The van der Waals surface area contributed by atoms with Crippen molar-refractivity contribution in [1.82, 2.24) is 9.62 Å². The minimum atomic E-state index is -3.06. The van der Waals surface area contributed by atoms with Gasteiger partial charge in [0.25, 0.3) is 0 Å². The second kappa shape index (κ2) is 6.35. The van der Waals surface area contributed by atoms with E-state index >= 15 is 0 Å². The molecule has 0 atom stereocenters. The van der Waals surface area contributed by atoms with E-state index in [0.29, 0.717) is 25.0 Å². The third-order valence-electron chi connectivity index (χ3n) is 4.09. The van der Waals surface area contributed by atoms with Crippen molar-refractivity contribution in [2.24, 2.45) is 5.92 Å². The third kappa shape index (κ3) is 4.52. The molecule has 2 fully saturated rings. The first-order valence-corrected chi connectivity index (χ1v) is 8.86. The van der Waals surface area contributed by atoms with Crippen LogP contribution in [0.1, 0.15) is 44.9 Å². The molecule has 2 aliphatic carbocycles. The summed E-state index contributed by atoms with van der Waals surface area (Å²) in [4.78, 5) is 0. The first-order chi connectivity index (χ1) is 8.58. The van der Waals surface area contributed by atoms with Gasteiger partial charge >= 0.3 is 0 Å². The van der Waals surface area contributed by atoms with Crippen molar-refractivity contribution in [2.45, 2.75) is 51.0 Å². The smallest absolute Gasteiger partial charge is 0.215 e. The van der Waals surface area contributed by atoms with Gasteiger partial charge in [-0.2, -0.15) is 0 Å². The first kappa shape index (κ1) is 14.3. The summed E-state index contributed by atoms with van der Waals surface area (Å²) in [5.74, 6) is 0.821. The summed E-state index contributed by atoms with van der Waals surface area (Å²) in [6.45, 7) is 1.31. The van der Waals surface area contributed by atoms with Gasteiger partial charge in [-0.3, -0.25) is 0 Å². The highest BCUT2D eigenvalue weighted by Gasteiger charge is 2.24. The van der Waals surface area contributed by atoms with Gasteiger partial charge < -0.3 is 5.32 Å². The number of hydrogen-bond acceptors (Lipinski definition) is 3. The number of rotatable bonds is 7. The molecule has 0 aliphatic heterocycles. The second-order valence-electron chi connectivity index (χ2n) is 5.83. The summed E-state index contributed by atoms with van der Waals surface area (Å²) < 4.78 is 25.8. The van der Waals surface area contributed by atoms with Crippen LogP contribution in [-0.4, -0.2) is 44.7 Å². The van der Waals surface area contributed by atoms with Crippen LogP contribution in [0.5, 0.6) is 0 Å². The summed E-state index contributed by atoms with van der Waals surface area (Å²) in [5, 5.41) is 3.27. The lowest BCUT2D eigenvalue weighted by atomic mass is 9.89. The van der Waals surface area contributed by atoms with E-state index in [1.807, 2.05) is 0 Å². The molecule has 2 saturated carbocycles. The van der Waals surface area contributed by atoms with Crippen molar-refractivity contribution in [3.05, 3.63) is 0 Å². The van der Waals surface area contributed by atoms with E-state index in [1.165, 1.54) is 44.9 Å². The lowest BCUT2D eigenvalue weighted by Gasteiger charge is -2.26. The van der Waals surface area contributed by atoms with E-state index in [9.17, 15) is 8.42 Å². The van der Waals surface area contributed by atoms with E-state index in [2.05, 4.69) is 5.32 Å². The van der Waals surface area contributed by atoms with E-state index in [0.717, 1.165) is 0 Å². The number of sulfonamides is 1. The molecule has 18 heavy (non-hydrogen) atoms. The molecule has 106 valence electrons. The minimum Gasteiger partial charge on any atom is -0.313 e. The Morgan fingerprint density at radius 2 is 1.78 bits per heavy atom. The van der Waals surface area contributed by atoms with E-state index < -0.39 is 10.0 Å². The van der Waals surface area contributed by atoms with Crippen molar-refractivity contribution in [2.75, 3.05) is 25.9 Å². The molecule has 0 heterocycles. The van der Waals surface area contributed by atoms with Crippen LogP contribution in [0.25, 0.3) is 0 Å². The summed E-state index contributed by atoms with van der Waals surface area (Å²) in [7, 11) is -1.32. The molecule has 1 N–H and O–H groups in total. The maximum atomic E-state index is 12.1. The molecule has 0 bridgehead atoms. The largest absolute Gasteiger partial charge is 0.313 e. The van der Waals surface area contributed by atoms with Crippen LogP contribution in [0.2, 0.25) is 0 Å². The molecule has 2 rings (SSSR count). The lowest BCUT2D eigenvalue weighted by Crippen LogP contribution is -2.37. The minimum absolute atomic E-state index is 0.243. The maximum Gasteiger partial charge on any atom is 0.215 e. The van der Waals surface area contributed by atoms with Crippen LogP contribution >= 0.6 is 0 Å². The quantitative estimate of drug-likeness (QED) is 0.767. The number of hydrogen-bond donors (Lipinski definition) is 1. The van der Waals surface area contributed by atoms with Crippen molar-refractivity contribution in [3.63, 3.8) is 0 Å². The fourth-order valence-electron chi connectivity index (χ4n) is 2.68. The molecule has 0 aromatic rings. The highest BCUT2D eigenvalue weighted by molar-refractivity contribution is 7.89. The molecule has 2 aliphatic rings. The van der Waals surface area contributed by atoms with Crippen LogP contribution in [0.15, 0.2) is 0 Å². The Labute approximate surface area is 111 Å². The summed E-state index contributed by atoms with van der Waals surface area (Å²) >= 11 is 0. The lowest BCUT2D eigenvalue weighted by molar-refractivity contribution is 0.300. The fourth-order valence-corrected chi connectivity index (χ4v) is 3.81. The highest BCUT2D eigenvalue weighted by atomic mass is 32.2. The molecule has 4 nitrogen and oxygen atoms in total. The van der Waals surface area contributed by atoms with Gasteiger partial charge in [-0.05, 0) is 31.6 Å². The molecule has 0 radical (unpaired) electrons. The molecule has 0 unspecified atom stereocenters. The van der Waals surface area contributed by atoms with Gasteiger partial charge in [0.15, 0.2) is 0 Å². The summed E-state index contributed by atoms with van der Waals surface area (Å²) in [6, 6.07) is 0.587. The Bertz CT molecular complexity index is 346. The van der Waals surface area contributed by atoms with Crippen LogP contribution in [0.3, 0.4) is 0 Å². The van der Waals surface area contributed by atoms with Crippen molar-refractivity contribution in [1.29, 1.82) is 0 Å². The first-order valence-electron chi connectivity index (χ1n) is 7.25. The molecular formula is C13H26N2O2S. The van der Waals surface area contributed by atoms with E-state index in [-0.39, 0.29) is 5.75 Å². The maximum absolute atomic E-state index is 12.1. The predicted octanol–water partition coefficient (Wildman–Crippen LogP) is 1.58. The molecule has 5 heteroatoms. The van der Waals surface area contributed by atoms with E-state index in [4.69, 9.17) is 0 Å². The predicted molar refractivity (Wildman–Crippen MR) is 74.0 cm³/mol. The van der Waals surface area contributed by atoms with Crippen molar-refractivity contribution in [3.8, 4) is 0 Å². The second-order valence-corrected chi connectivity index (χ2v) is 8.02. The normalized spacial score (nSPS) is 22.6. The molecule has 0 saturated heterocycles.